The molecule has 1 heterocycles. The Morgan fingerprint density at radius 3 is 2.59 bits per heavy atom. The Labute approximate surface area is 122 Å². The van der Waals surface area contributed by atoms with Crippen LogP contribution in [-0.2, 0) is 6.42 Å². The number of H-pyrrole nitrogens is 1. The van der Waals surface area contributed by atoms with E-state index in [1.54, 1.807) is 13.0 Å². The first-order valence-electron chi connectivity index (χ1n) is 6.21. The smallest absolute Gasteiger partial charge is 0.337 e. The summed E-state index contributed by atoms with van der Waals surface area (Å²) >= 11 is 0. The highest BCUT2D eigenvalue weighted by atomic mass is 19.1. The average Bonchev–Trinajstić information content (AvgIpc) is 2.47. The lowest BCUT2D eigenvalue weighted by Crippen LogP contribution is -2.34. The van der Waals surface area contributed by atoms with E-state index in [4.69, 9.17) is 10.4 Å². The van der Waals surface area contributed by atoms with Crippen LogP contribution in [0.2, 0.25) is 0 Å². The molecule has 7 nitrogen and oxygen atoms in total. The molecule has 8 heteroatoms. The van der Waals surface area contributed by atoms with Crippen LogP contribution in [0.3, 0.4) is 0 Å². The molecule has 22 heavy (non-hydrogen) atoms. The van der Waals surface area contributed by atoms with Crippen molar-refractivity contribution < 1.29 is 14.3 Å². The SMILES string of the molecule is CCc1cc(=O)n(-c2cc(C(=O)O)c(C#N)cc2F)c(=O)[nH]1. The highest BCUT2D eigenvalue weighted by molar-refractivity contribution is 5.91. The standard InChI is InChI=1S/C14H10FN3O4/c1-2-8-4-12(19)18(14(22)17-8)11-5-9(13(20)21)7(6-16)3-10(11)15/h3-5H,2H2,1H3,(H,17,22)(H,20,21). The van der Waals surface area contributed by atoms with Crippen LogP contribution >= 0.6 is 0 Å². The van der Waals surface area contributed by atoms with Gasteiger partial charge in [0.05, 0.1) is 16.8 Å². The molecule has 0 unspecified atom stereocenters. The summed E-state index contributed by atoms with van der Waals surface area (Å²) < 4.78 is 14.5. The van der Waals surface area contributed by atoms with Gasteiger partial charge >= 0.3 is 11.7 Å². The molecule has 0 saturated heterocycles. The van der Waals surface area contributed by atoms with Crippen LogP contribution in [0.5, 0.6) is 0 Å². The first kappa shape index (κ1) is 15.2. The van der Waals surface area contributed by atoms with Gasteiger partial charge in [-0.15, -0.1) is 0 Å². The predicted molar refractivity (Wildman–Crippen MR) is 73.7 cm³/mol. The van der Waals surface area contributed by atoms with Crippen molar-refractivity contribution in [3.05, 3.63) is 61.7 Å². The third-order valence-electron chi connectivity index (χ3n) is 3.05. The molecule has 2 N–H and O–H groups in total. The van der Waals surface area contributed by atoms with E-state index < -0.39 is 39.8 Å². The molecule has 2 rings (SSSR count). The Hall–Kier alpha value is -3.21. The van der Waals surface area contributed by atoms with Crippen LogP contribution < -0.4 is 11.2 Å². The Morgan fingerprint density at radius 2 is 2.09 bits per heavy atom. The zero-order valence-electron chi connectivity index (χ0n) is 11.4. The van der Waals surface area contributed by atoms with Crippen molar-refractivity contribution in [2.45, 2.75) is 13.3 Å². The van der Waals surface area contributed by atoms with Crippen LogP contribution in [0, 0.1) is 17.1 Å². The number of rotatable bonds is 3. The number of aryl methyl sites for hydroxylation is 1. The van der Waals surface area contributed by atoms with E-state index in [-0.39, 0.29) is 0 Å². The Balaban J connectivity index is 2.82. The number of hydrogen-bond acceptors (Lipinski definition) is 4. The number of nitriles is 1. The van der Waals surface area contributed by atoms with Crippen LogP contribution in [-0.4, -0.2) is 20.6 Å². The van der Waals surface area contributed by atoms with Gasteiger partial charge in [0, 0.05) is 11.8 Å². The summed E-state index contributed by atoms with van der Waals surface area (Å²) in [7, 11) is 0. The topological polar surface area (TPSA) is 116 Å². The Morgan fingerprint density at radius 1 is 1.41 bits per heavy atom. The molecule has 0 aliphatic heterocycles. The fourth-order valence-corrected chi connectivity index (χ4v) is 1.96. The van der Waals surface area contributed by atoms with Crippen molar-refractivity contribution in [3.63, 3.8) is 0 Å². The van der Waals surface area contributed by atoms with Gasteiger partial charge in [-0.3, -0.25) is 4.79 Å². The van der Waals surface area contributed by atoms with Gasteiger partial charge in [-0.1, -0.05) is 6.92 Å². The quantitative estimate of drug-likeness (QED) is 0.870. The lowest BCUT2D eigenvalue weighted by molar-refractivity contribution is 0.0696. The molecule has 0 fully saturated rings. The fraction of sp³-hybridized carbons (Fsp3) is 0.143. The van der Waals surface area contributed by atoms with Crippen LogP contribution in [0.15, 0.2) is 27.8 Å². The molecule has 0 aliphatic carbocycles. The summed E-state index contributed by atoms with van der Waals surface area (Å²) in [4.78, 5) is 37.4. The van der Waals surface area contributed by atoms with E-state index in [1.165, 1.54) is 0 Å². The van der Waals surface area contributed by atoms with Crippen molar-refractivity contribution in [2.24, 2.45) is 0 Å². The monoisotopic (exact) mass is 303 g/mol. The zero-order valence-corrected chi connectivity index (χ0v) is 11.4. The van der Waals surface area contributed by atoms with Gasteiger partial charge in [-0.2, -0.15) is 5.26 Å². The normalized spacial score (nSPS) is 10.2. The number of halogens is 1. The fourth-order valence-electron chi connectivity index (χ4n) is 1.96. The predicted octanol–water partition coefficient (Wildman–Crippen LogP) is 0.797. The minimum absolute atomic E-state index is 0.374. The molecule has 0 aliphatic rings. The number of hydrogen-bond donors (Lipinski definition) is 2. The number of benzene rings is 1. The summed E-state index contributed by atoms with van der Waals surface area (Å²) in [6.07, 6.45) is 0.404. The van der Waals surface area contributed by atoms with Crippen molar-refractivity contribution in [3.8, 4) is 11.8 Å². The van der Waals surface area contributed by atoms with Gasteiger partial charge < -0.3 is 10.1 Å². The minimum Gasteiger partial charge on any atom is -0.478 e. The van der Waals surface area contributed by atoms with Crippen LogP contribution in [0.4, 0.5) is 4.39 Å². The van der Waals surface area contributed by atoms with Gasteiger partial charge in [0.1, 0.15) is 11.9 Å². The van der Waals surface area contributed by atoms with E-state index >= 15 is 0 Å². The third kappa shape index (κ3) is 2.52. The molecule has 112 valence electrons. The van der Waals surface area contributed by atoms with Gasteiger partial charge in [0.15, 0.2) is 0 Å². The Bertz CT molecular complexity index is 890. The van der Waals surface area contributed by atoms with E-state index in [9.17, 15) is 18.8 Å². The number of carboxylic acid groups (broad SMARTS) is 1. The average molecular weight is 303 g/mol. The maximum Gasteiger partial charge on any atom is 0.337 e. The number of aromatic carboxylic acids is 1. The van der Waals surface area contributed by atoms with E-state index in [0.717, 1.165) is 12.1 Å². The number of carbonyl (C=O) groups is 1. The van der Waals surface area contributed by atoms with Gasteiger partial charge in [-0.05, 0) is 18.6 Å². The summed E-state index contributed by atoms with van der Waals surface area (Å²) in [6.45, 7) is 1.72. The van der Waals surface area contributed by atoms with Crippen molar-refractivity contribution in [1.82, 2.24) is 9.55 Å². The number of aromatic amines is 1. The number of nitrogens with zero attached hydrogens (tertiary/aromatic N) is 2. The summed E-state index contributed by atoms with van der Waals surface area (Å²) in [6, 6.07) is 4.14. The molecular weight excluding hydrogens is 293 g/mol. The number of nitrogens with one attached hydrogen (secondary N) is 1. The molecule has 0 bridgehead atoms. The maximum absolute atomic E-state index is 14.1. The minimum atomic E-state index is -1.47. The molecule has 1 aromatic heterocycles. The van der Waals surface area contributed by atoms with Gasteiger partial charge in [-0.25, -0.2) is 18.5 Å². The van der Waals surface area contributed by atoms with Gasteiger partial charge in [0.25, 0.3) is 5.56 Å². The number of aromatic nitrogens is 2. The van der Waals surface area contributed by atoms with Crippen molar-refractivity contribution >= 4 is 5.97 Å². The van der Waals surface area contributed by atoms with Gasteiger partial charge in [0.2, 0.25) is 0 Å². The molecular formula is C14H10FN3O4. The van der Waals surface area contributed by atoms with Crippen LogP contribution in [0.25, 0.3) is 5.69 Å². The lowest BCUT2D eigenvalue weighted by Gasteiger charge is -2.09. The zero-order chi connectivity index (χ0) is 16.4. The van der Waals surface area contributed by atoms with Crippen LogP contribution in [0.1, 0.15) is 28.5 Å². The van der Waals surface area contributed by atoms with Crippen molar-refractivity contribution in [1.29, 1.82) is 5.26 Å². The Kier molecular flexibility index (Phi) is 3.90. The summed E-state index contributed by atoms with van der Waals surface area (Å²) in [5, 5.41) is 17.8. The van der Waals surface area contributed by atoms with E-state index in [0.29, 0.717) is 22.7 Å². The summed E-state index contributed by atoms with van der Waals surface area (Å²) in [5.74, 6) is -2.51. The number of carboxylic acids is 1. The maximum atomic E-state index is 14.1. The molecule has 0 spiro atoms. The highest BCUT2D eigenvalue weighted by Gasteiger charge is 2.18. The molecule has 2 aromatic rings. The third-order valence-corrected chi connectivity index (χ3v) is 3.05. The first-order valence-corrected chi connectivity index (χ1v) is 6.21. The highest BCUT2D eigenvalue weighted by Crippen LogP contribution is 2.17. The molecule has 0 amide bonds. The second-order valence-electron chi connectivity index (χ2n) is 4.39. The summed E-state index contributed by atoms with van der Waals surface area (Å²) in [5.41, 5.74) is -2.72. The first-order chi connectivity index (χ1) is 10.4. The molecule has 0 saturated carbocycles. The second kappa shape index (κ2) is 5.65. The van der Waals surface area contributed by atoms with E-state index in [1.807, 2.05) is 0 Å². The largest absolute Gasteiger partial charge is 0.478 e. The second-order valence-corrected chi connectivity index (χ2v) is 4.39. The van der Waals surface area contributed by atoms with E-state index in [2.05, 4.69) is 4.98 Å². The van der Waals surface area contributed by atoms with Crippen molar-refractivity contribution in [2.75, 3.05) is 0 Å². The molecule has 0 radical (unpaired) electrons. The molecule has 1 aromatic carbocycles. The molecule has 0 atom stereocenters. The lowest BCUT2D eigenvalue weighted by atomic mass is 10.1.